The number of piperidine rings is 2. The molecule has 288 valence electrons. The van der Waals surface area contributed by atoms with Crippen LogP contribution < -0.4 is 25.4 Å². The summed E-state index contributed by atoms with van der Waals surface area (Å²) in [5.41, 5.74) is 7.02. The van der Waals surface area contributed by atoms with Crippen molar-refractivity contribution in [2.75, 3.05) is 43.0 Å². The number of nitrogens with two attached hydrogens (primary N) is 1. The highest BCUT2D eigenvalue weighted by molar-refractivity contribution is 7.92. The lowest BCUT2D eigenvalue weighted by Gasteiger charge is -2.33. The monoisotopic (exact) mass is 751 g/mol. The molecule has 2 aromatic heterocycles. The number of benzene rings is 1. The van der Waals surface area contributed by atoms with Crippen LogP contribution in [-0.4, -0.2) is 94.3 Å². The zero-order chi connectivity index (χ0) is 38.7. The van der Waals surface area contributed by atoms with E-state index in [1.54, 1.807) is 64.0 Å². The molecule has 0 unspecified atom stereocenters. The molecule has 2 aliphatic rings. The topological polar surface area (TPSA) is 199 Å². The molecule has 4 N–H and O–H groups in total. The Morgan fingerprint density at radius 1 is 0.962 bits per heavy atom. The van der Waals surface area contributed by atoms with E-state index >= 15 is 0 Å². The Kier molecular flexibility index (Phi) is 11.7. The minimum absolute atomic E-state index is 0.0334. The number of carbonyl (C=O) groups excluding carboxylic acids is 1. The Morgan fingerprint density at radius 3 is 2.19 bits per heavy atom. The predicted molar refractivity (Wildman–Crippen MR) is 204 cm³/mol. The Balaban J connectivity index is 1.20. The fourth-order valence-electron chi connectivity index (χ4n) is 5.96. The first-order chi connectivity index (χ1) is 24.8. The lowest BCUT2D eigenvalue weighted by molar-refractivity contribution is 0.0126. The zero-order valence-corrected chi connectivity index (χ0v) is 32.8. The van der Waals surface area contributed by atoms with Crippen LogP contribution in [0.4, 0.5) is 16.6 Å². The van der Waals surface area contributed by atoms with Crippen molar-refractivity contribution in [2.24, 2.45) is 11.7 Å². The first kappa shape index (κ1) is 39.5. The molecule has 0 bridgehead atoms. The number of rotatable bonds is 10. The van der Waals surface area contributed by atoms with E-state index < -0.39 is 20.2 Å². The highest BCUT2D eigenvalue weighted by atomic mass is 32.2. The van der Waals surface area contributed by atoms with E-state index in [4.69, 9.17) is 25.4 Å². The van der Waals surface area contributed by atoms with Crippen LogP contribution in [0.2, 0.25) is 0 Å². The molecular weight excluding hydrogens is 699 g/mol. The van der Waals surface area contributed by atoms with E-state index in [2.05, 4.69) is 30.2 Å². The third-order valence-electron chi connectivity index (χ3n) is 9.40. The van der Waals surface area contributed by atoms with Crippen LogP contribution in [0.5, 0.6) is 11.5 Å². The number of nitrogens with one attached hydrogen (secondary N) is 2. The molecule has 16 heteroatoms. The van der Waals surface area contributed by atoms with Crippen molar-refractivity contribution in [1.82, 2.24) is 24.8 Å². The number of hydrogen-bond donors (Lipinski definition) is 3. The lowest BCUT2D eigenvalue weighted by atomic mass is 9.98. The zero-order valence-electron chi connectivity index (χ0n) is 32.0. The van der Waals surface area contributed by atoms with Crippen molar-refractivity contribution in [2.45, 2.75) is 102 Å². The fourth-order valence-corrected chi connectivity index (χ4v) is 7.27. The Morgan fingerprint density at radius 2 is 1.60 bits per heavy atom. The molecule has 0 aliphatic carbocycles. The lowest BCUT2D eigenvalue weighted by Crippen LogP contribution is -2.44. The van der Waals surface area contributed by atoms with Crippen molar-refractivity contribution in [3.8, 4) is 11.5 Å². The highest BCUT2D eigenvalue weighted by Crippen LogP contribution is 2.37. The number of anilines is 2. The van der Waals surface area contributed by atoms with Crippen LogP contribution in [-0.2, 0) is 14.6 Å². The maximum absolute atomic E-state index is 13.9. The second kappa shape index (κ2) is 15.7. The quantitative estimate of drug-likeness (QED) is 0.213. The van der Waals surface area contributed by atoms with Gasteiger partial charge in [0.1, 0.15) is 40.3 Å². The molecule has 4 heterocycles. The number of fused-ring (bicyclic) bond motifs is 1. The molecule has 5 rings (SSSR count). The van der Waals surface area contributed by atoms with Gasteiger partial charge in [0.05, 0.1) is 29.3 Å². The smallest absolute Gasteiger partial charge is 0.410 e. The Hall–Kier alpha value is -4.73. The minimum Gasteiger partial charge on any atom is -0.492 e. The van der Waals surface area contributed by atoms with Crippen molar-refractivity contribution >= 4 is 44.3 Å². The average Bonchev–Trinajstić information content (AvgIpc) is 3.09. The number of carbonyl (C=O) groups is 1. The maximum atomic E-state index is 13.9. The molecule has 0 atom stereocenters. The number of aromatic nitrogens is 4. The first-order valence-electron chi connectivity index (χ1n) is 18.0. The van der Waals surface area contributed by atoms with Crippen LogP contribution in [0, 0.1) is 11.3 Å². The summed E-state index contributed by atoms with van der Waals surface area (Å²) < 4.78 is 44.6. The molecule has 1 aromatic carbocycles. The SMILES string of the molecule is CC(=N)/C(C)=C(\N)Nc1ncnc2cc(OCC3CCN(c4ncc(OC5CCN(C(=O)OC(C)(C)C)CC5)cn4)CC3)c(S(=O)(=O)C(C)(C)C)cc12. The molecule has 53 heavy (non-hydrogen) atoms. The van der Waals surface area contributed by atoms with Crippen LogP contribution >= 0.6 is 0 Å². The van der Waals surface area contributed by atoms with Crippen molar-refractivity contribution in [3.63, 3.8) is 0 Å². The summed E-state index contributed by atoms with van der Waals surface area (Å²) in [6.07, 6.45) is 7.44. The van der Waals surface area contributed by atoms with Gasteiger partial charge in [-0.1, -0.05) is 0 Å². The number of likely N-dealkylation sites (tertiary alicyclic amines) is 1. The van der Waals surface area contributed by atoms with Crippen molar-refractivity contribution < 1.29 is 27.4 Å². The summed E-state index contributed by atoms with van der Waals surface area (Å²) in [6.45, 7) is 16.8. The van der Waals surface area contributed by atoms with Crippen LogP contribution in [0.15, 0.2) is 47.1 Å². The summed E-state index contributed by atoms with van der Waals surface area (Å²) >= 11 is 0. The summed E-state index contributed by atoms with van der Waals surface area (Å²) in [5, 5.41) is 11.4. The standard InChI is InChI=1S/C37H53N9O6S/c1-23(24(2)38)32(39)44-33-28-17-31(53(48,49)37(6,7)8)30(18-29(28)42-22-43-33)50-21-25-9-13-45(14-10-25)34-40-19-27(20-41-34)51-26-11-15-46(16-12-26)35(47)52-36(3,4)5/h17-20,22,25-26,38H,9-16,21,39H2,1-8H3,(H,42,43,44)/b32-23+,38-24?. The molecule has 0 saturated carbocycles. The van der Waals surface area contributed by atoms with Gasteiger partial charge >= 0.3 is 6.09 Å². The molecule has 2 aliphatic heterocycles. The van der Waals surface area contributed by atoms with Gasteiger partial charge < -0.3 is 40.5 Å². The second-order valence-corrected chi connectivity index (χ2v) is 18.4. The number of amides is 1. The van der Waals surface area contributed by atoms with Gasteiger partial charge in [-0.15, -0.1) is 0 Å². The average molecular weight is 752 g/mol. The third-order valence-corrected chi connectivity index (χ3v) is 11.9. The van der Waals surface area contributed by atoms with E-state index in [-0.39, 0.29) is 34.6 Å². The van der Waals surface area contributed by atoms with E-state index in [1.165, 1.54) is 6.33 Å². The molecule has 15 nitrogen and oxygen atoms in total. The number of nitrogens with zero attached hydrogens (tertiary/aromatic N) is 6. The van der Waals surface area contributed by atoms with E-state index in [0.29, 0.717) is 85.3 Å². The molecule has 2 fully saturated rings. The van der Waals surface area contributed by atoms with Gasteiger partial charge in [0, 0.05) is 61.8 Å². The van der Waals surface area contributed by atoms with Gasteiger partial charge in [-0.3, -0.25) is 0 Å². The highest BCUT2D eigenvalue weighted by Gasteiger charge is 2.35. The molecule has 0 radical (unpaired) electrons. The third kappa shape index (κ3) is 9.64. The van der Waals surface area contributed by atoms with Crippen LogP contribution in [0.1, 0.15) is 81.1 Å². The van der Waals surface area contributed by atoms with Gasteiger partial charge in [-0.25, -0.2) is 33.1 Å². The van der Waals surface area contributed by atoms with Crippen molar-refractivity contribution in [3.05, 3.63) is 42.2 Å². The second-order valence-electron chi connectivity index (χ2n) is 15.7. The molecule has 1 amide bonds. The van der Waals surface area contributed by atoms with Gasteiger partial charge in [0.15, 0.2) is 15.6 Å². The molecule has 0 spiro atoms. The number of hydrogen-bond acceptors (Lipinski definition) is 14. The van der Waals surface area contributed by atoms with Crippen LogP contribution in [0.25, 0.3) is 10.9 Å². The van der Waals surface area contributed by atoms with Crippen molar-refractivity contribution in [1.29, 1.82) is 5.41 Å². The largest absolute Gasteiger partial charge is 0.492 e. The normalized spacial score (nSPS) is 17.0. The van der Waals surface area contributed by atoms with Gasteiger partial charge in [-0.2, -0.15) is 0 Å². The number of sulfone groups is 1. The van der Waals surface area contributed by atoms with Gasteiger partial charge in [0.2, 0.25) is 5.95 Å². The fraction of sp³-hybridized carbons (Fsp3) is 0.568. The molecular formula is C37H53N9O6S. The van der Waals surface area contributed by atoms with Gasteiger partial charge in [-0.05, 0) is 80.2 Å². The van der Waals surface area contributed by atoms with Crippen LogP contribution in [0.3, 0.4) is 0 Å². The van der Waals surface area contributed by atoms with E-state index in [9.17, 15) is 13.2 Å². The minimum atomic E-state index is -3.84. The van der Waals surface area contributed by atoms with E-state index in [0.717, 1.165) is 12.8 Å². The maximum Gasteiger partial charge on any atom is 0.410 e. The van der Waals surface area contributed by atoms with E-state index in [1.807, 2.05) is 20.8 Å². The summed E-state index contributed by atoms with van der Waals surface area (Å²) in [5.74, 6) is 2.21. The first-order valence-corrected chi connectivity index (χ1v) is 19.5. The Bertz CT molecular complexity index is 1940. The summed E-state index contributed by atoms with van der Waals surface area (Å²) in [4.78, 5) is 34.1. The number of ether oxygens (including phenoxy) is 3. The molecule has 3 aromatic rings. The summed E-state index contributed by atoms with van der Waals surface area (Å²) in [7, 11) is -3.84. The summed E-state index contributed by atoms with van der Waals surface area (Å²) in [6, 6.07) is 3.19. The Labute approximate surface area is 312 Å². The predicted octanol–water partition coefficient (Wildman–Crippen LogP) is 5.71. The molecule has 2 saturated heterocycles. The number of allylic oxidation sites excluding steroid dienone is 1. The van der Waals surface area contributed by atoms with Gasteiger partial charge in [0.25, 0.3) is 0 Å².